The molecule has 1 atom stereocenters. The topological polar surface area (TPSA) is 132 Å². The predicted octanol–water partition coefficient (Wildman–Crippen LogP) is 6.73. The minimum absolute atomic E-state index is 0.0544. The van der Waals surface area contributed by atoms with Crippen molar-refractivity contribution in [3.8, 4) is 5.75 Å². The summed E-state index contributed by atoms with van der Waals surface area (Å²) in [5.74, 6) is -0.449. The highest BCUT2D eigenvalue weighted by Gasteiger charge is 2.45. The highest BCUT2D eigenvalue weighted by Crippen LogP contribution is 2.36. The molecule has 58 heavy (non-hydrogen) atoms. The highest BCUT2D eigenvalue weighted by atomic mass is 35.5. The van der Waals surface area contributed by atoms with E-state index in [9.17, 15) is 24.0 Å². The Morgan fingerprint density at radius 2 is 1.45 bits per heavy atom. The molecule has 1 saturated heterocycles. The molecule has 0 radical (unpaired) electrons. The van der Waals surface area contributed by atoms with Gasteiger partial charge >= 0.3 is 0 Å². The molecule has 0 aromatic heterocycles. The van der Waals surface area contributed by atoms with E-state index in [1.165, 1.54) is 17.3 Å². The summed E-state index contributed by atoms with van der Waals surface area (Å²) >= 11 is 7.67. The van der Waals surface area contributed by atoms with Crippen molar-refractivity contribution >= 4 is 64.0 Å². The molecule has 6 rings (SSSR count). The van der Waals surface area contributed by atoms with Gasteiger partial charge in [-0.15, -0.1) is 23.4 Å². The Kier molecular flexibility index (Phi) is 15.3. The number of hydrogen-bond donors (Lipinski definition) is 1. The van der Waals surface area contributed by atoms with Crippen molar-refractivity contribution in [3.05, 3.63) is 131 Å². The number of hydrogen-bond acceptors (Lipinski definition) is 9. The van der Waals surface area contributed by atoms with Gasteiger partial charge in [-0.05, 0) is 64.9 Å². The number of fused-ring (bicyclic) bond motifs is 1. The highest BCUT2D eigenvalue weighted by molar-refractivity contribution is 7.99. The molecule has 5 amide bonds. The van der Waals surface area contributed by atoms with Crippen LogP contribution < -0.4 is 10.1 Å². The number of likely N-dealkylation sites (N-methyl/N-ethyl adjacent to an activating group) is 1. The summed E-state index contributed by atoms with van der Waals surface area (Å²) in [5, 5.41) is 2.21. The summed E-state index contributed by atoms with van der Waals surface area (Å²) in [5.41, 5.74) is 6.13. The Hall–Kier alpha value is -5.27. The Labute approximate surface area is 347 Å². The number of halogens is 1. The van der Waals surface area contributed by atoms with Gasteiger partial charge < -0.3 is 19.1 Å². The number of alkyl halides is 1. The lowest BCUT2D eigenvalue weighted by Crippen LogP contribution is -2.54. The van der Waals surface area contributed by atoms with E-state index in [-0.39, 0.29) is 42.9 Å². The van der Waals surface area contributed by atoms with Crippen LogP contribution in [0.15, 0.2) is 108 Å². The van der Waals surface area contributed by atoms with Gasteiger partial charge in [-0.1, -0.05) is 78.9 Å². The maximum atomic E-state index is 13.3. The number of thioether (sulfide) groups is 1. The quantitative estimate of drug-likeness (QED) is 0.0339. The number of allylic oxidation sites excluding steroid dienone is 1. The second-order valence-corrected chi connectivity index (χ2v) is 15.2. The molecule has 0 bridgehead atoms. The first-order valence-corrected chi connectivity index (χ1v) is 20.8. The van der Waals surface area contributed by atoms with Crippen LogP contribution in [0.25, 0.3) is 11.1 Å². The van der Waals surface area contributed by atoms with Gasteiger partial charge in [-0.2, -0.15) is 0 Å². The molecule has 0 spiro atoms. The minimum atomic E-state index is -1.01. The van der Waals surface area contributed by atoms with E-state index < -0.39 is 29.7 Å². The monoisotopic (exact) mass is 823 g/mol. The Morgan fingerprint density at radius 3 is 2.14 bits per heavy atom. The second kappa shape index (κ2) is 20.9. The van der Waals surface area contributed by atoms with Crippen molar-refractivity contribution in [3.63, 3.8) is 0 Å². The zero-order valence-corrected chi connectivity index (χ0v) is 33.9. The molecule has 302 valence electrons. The fourth-order valence-corrected chi connectivity index (χ4v) is 8.02. The van der Waals surface area contributed by atoms with Crippen LogP contribution in [0.2, 0.25) is 0 Å². The van der Waals surface area contributed by atoms with E-state index in [1.807, 2.05) is 48.5 Å². The summed E-state index contributed by atoms with van der Waals surface area (Å²) in [4.78, 5) is 66.2. The average molecular weight is 824 g/mol. The summed E-state index contributed by atoms with van der Waals surface area (Å²) in [6, 6.07) is 32.7. The fraction of sp³-hybridized carbons (Fsp3) is 0.311. The molecule has 1 unspecified atom stereocenters. The molecule has 4 aromatic rings. The van der Waals surface area contributed by atoms with Crippen LogP contribution in [0, 0.1) is 0 Å². The van der Waals surface area contributed by atoms with Crippen molar-refractivity contribution in [2.45, 2.75) is 36.6 Å². The zero-order chi connectivity index (χ0) is 40.9. The largest absolute Gasteiger partial charge is 0.492 e. The zero-order valence-electron chi connectivity index (χ0n) is 32.3. The van der Waals surface area contributed by atoms with Gasteiger partial charge in [0.2, 0.25) is 17.7 Å². The van der Waals surface area contributed by atoms with Crippen molar-refractivity contribution in [2.24, 2.45) is 0 Å². The molecular weight excluding hydrogens is 778 g/mol. The molecule has 11 nitrogen and oxygen atoms in total. The number of ether oxygens (including phenoxy) is 3. The molecule has 4 aromatic carbocycles. The molecule has 1 fully saturated rings. The third kappa shape index (κ3) is 10.6. The maximum Gasteiger partial charge on any atom is 0.263 e. The van der Waals surface area contributed by atoms with Gasteiger partial charge in [0.05, 0.1) is 50.5 Å². The molecule has 0 aliphatic carbocycles. The predicted molar refractivity (Wildman–Crippen MR) is 224 cm³/mol. The Balaban J connectivity index is 0.880. The molecule has 2 heterocycles. The molecule has 13 heteroatoms. The van der Waals surface area contributed by atoms with Crippen molar-refractivity contribution in [1.29, 1.82) is 0 Å². The molecule has 2 aliphatic rings. The number of benzene rings is 4. The number of carbonyl (C=O) groups excluding carboxylic acids is 5. The molecule has 1 N–H and O–H groups in total. The number of rotatable bonds is 20. The van der Waals surface area contributed by atoms with Crippen LogP contribution in [0.3, 0.4) is 0 Å². The first-order valence-electron chi connectivity index (χ1n) is 19.3. The van der Waals surface area contributed by atoms with E-state index in [1.54, 1.807) is 30.1 Å². The normalized spacial score (nSPS) is 15.6. The van der Waals surface area contributed by atoms with E-state index in [0.717, 1.165) is 33.6 Å². The van der Waals surface area contributed by atoms with Crippen molar-refractivity contribution in [1.82, 2.24) is 15.1 Å². The standard InChI is InChI=1S/C45H46ClN3O8S/c1-48(24-26-57-34-17-15-33(16-18-34)41(32-11-6-3-7-12-32)35(21-23-46)31-9-4-2-5-10-31)40(51)22-25-55-27-28-56-29-30-58-38-14-8-13-36-42(38)45(54)49(44(36)53)37-19-20-39(50)47-43(37)52/h2-18,37H,19-30H2,1H3,(H,47,50,52). The van der Waals surface area contributed by atoms with Gasteiger partial charge in [0.1, 0.15) is 18.4 Å². The lowest BCUT2D eigenvalue weighted by molar-refractivity contribution is -0.136. The van der Waals surface area contributed by atoms with Gasteiger partial charge in [-0.3, -0.25) is 34.2 Å². The van der Waals surface area contributed by atoms with Gasteiger partial charge in [0.25, 0.3) is 11.8 Å². The van der Waals surface area contributed by atoms with E-state index in [4.69, 9.17) is 25.8 Å². The van der Waals surface area contributed by atoms with Crippen LogP contribution in [0.1, 0.15) is 63.1 Å². The van der Waals surface area contributed by atoms with Crippen molar-refractivity contribution < 1.29 is 38.2 Å². The van der Waals surface area contributed by atoms with Gasteiger partial charge in [0.15, 0.2) is 0 Å². The van der Waals surface area contributed by atoms with E-state index in [0.29, 0.717) is 55.3 Å². The lowest BCUT2D eigenvalue weighted by Gasteiger charge is -2.27. The van der Waals surface area contributed by atoms with Crippen molar-refractivity contribution in [2.75, 3.05) is 58.3 Å². The van der Waals surface area contributed by atoms with Crippen LogP contribution in [-0.4, -0.2) is 104 Å². The fourth-order valence-electron chi connectivity index (χ4n) is 6.90. The summed E-state index contributed by atoms with van der Waals surface area (Å²) < 4.78 is 17.3. The van der Waals surface area contributed by atoms with E-state index in [2.05, 4.69) is 41.7 Å². The summed E-state index contributed by atoms with van der Waals surface area (Å²) in [7, 11) is 1.74. The van der Waals surface area contributed by atoms with Crippen LogP contribution >= 0.6 is 23.4 Å². The van der Waals surface area contributed by atoms with Crippen LogP contribution in [0.5, 0.6) is 5.75 Å². The maximum absolute atomic E-state index is 13.3. The molecule has 0 saturated carbocycles. The SMILES string of the molecule is CN(CCOc1ccc(C(=C(CCCl)c2ccccc2)c2ccccc2)cc1)C(=O)CCOCCOCCSc1cccc2c1C(=O)N(C1CCC(=O)NC1=O)C2=O. The van der Waals surface area contributed by atoms with Crippen LogP contribution in [0.4, 0.5) is 0 Å². The summed E-state index contributed by atoms with van der Waals surface area (Å²) in [6.45, 7) is 2.03. The first-order chi connectivity index (χ1) is 28.3. The average Bonchev–Trinajstić information content (AvgIpc) is 3.50. The number of nitrogens with one attached hydrogen (secondary N) is 1. The van der Waals surface area contributed by atoms with E-state index >= 15 is 0 Å². The number of imide groups is 2. The lowest BCUT2D eigenvalue weighted by atomic mass is 9.88. The smallest absolute Gasteiger partial charge is 0.263 e. The second-order valence-electron chi connectivity index (χ2n) is 13.7. The van der Waals surface area contributed by atoms with Crippen LogP contribution in [-0.2, 0) is 23.9 Å². The summed E-state index contributed by atoms with van der Waals surface area (Å²) in [6.07, 6.45) is 1.11. The number of amides is 5. The molecule has 2 aliphatic heterocycles. The third-order valence-electron chi connectivity index (χ3n) is 9.84. The number of carbonyl (C=O) groups is 5. The van der Waals surface area contributed by atoms with Gasteiger partial charge in [-0.25, -0.2) is 0 Å². The van der Waals surface area contributed by atoms with Gasteiger partial charge in [0, 0.05) is 30.0 Å². The molecular formula is C45H46ClN3O8S. The number of nitrogens with zero attached hydrogens (tertiary/aromatic N) is 2. The Bertz CT molecular complexity index is 2110. The third-order valence-corrected chi connectivity index (χ3v) is 11.1. The Morgan fingerprint density at radius 1 is 0.776 bits per heavy atom. The minimum Gasteiger partial charge on any atom is -0.492 e. The number of piperidine rings is 1. The first kappa shape index (κ1) is 42.3.